The average molecular weight is 493 g/mol. The van der Waals surface area contributed by atoms with E-state index in [1.54, 1.807) is 0 Å². The molecule has 1 amide bonds. The van der Waals surface area contributed by atoms with Gasteiger partial charge < -0.3 is 21.1 Å². The minimum absolute atomic E-state index is 0.0283. The topological polar surface area (TPSA) is 142 Å². The summed E-state index contributed by atoms with van der Waals surface area (Å²) in [5, 5.41) is 29.0. The minimum Gasteiger partial charge on any atom is -0.465 e. The van der Waals surface area contributed by atoms with Gasteiger partial charge in [0, 0.05) is 23.6 Å². The monoisotopic (exact) mass is 492 g/mol. The molecule has 1 heterocycles. The Labute approximate surface area is 188 Å². The zero-order chi connectivity index (χ0) is 22.4. The Bertz CT molecular complexity index is 949. The van der Waals surface area contributed by atoms with Crippen LogP contribution in [-0.4, -0.2) is 38.7 Å². The fraction of sp³-hybridized carbons (Fsp3) is 0.450. The SMILES string of the molecule is Cc1c(Br)cccc1CNc1ncc([N+](=O)[O-])c(NCC2CCC(NC(=O)O)CC2)n1. The van der Waals surface area contributed by atoms with Crippen LogP contribution < -0.4 is 16.0 Å². The van der Waals surface area contributed by atoms with Crippen molar-refractivity contribution < 1.29 is 14.8 Å². The number of halogens is 1. The van der Waals surface area contributed by atoms with Gasteiger partial charge in [-0.3, -0.25) is 10.1 Å². The lowest BCUT2D eigenvalue weighted by Crippen LogP contribution is -2.37. The summed E-state index contributed by atoms with van der Waals surface area (Å²) in [5.41, 5.74) is 1.99. The zero-order valence-electron chi connectivity index (χ0n) is 17.1. The predicted octanol–water partition coefficient (Wildman–Crippen LogP) is 4.31. The van der Waals surface area contributed by atoms with Crippen LogP contribution in [0, 0.1) is 23.0 Å². The highest BCUT2D eigenvalue weighted by atomic mass is 79.9. The van der Waals surface area contributed by atoms with E-state index in [-0.39, 0.29) is 17.5 Å². The summed E-state index contributed by atoms with van der Waals surface area (Å²) in [4.78, 5) is 30.1. The van der Waals surface area contributed by atoms with Crippen molar-refractivity contribution in [3.63, 3.8) is 0 Å². The molecule has 1 aromatic carbocycles. The van der Waals surface area contributed by atoms with Crippen LogP contribution in [0.5, 0.6) is 0 Å². The second kappa shape index (κ2) is 10.4. The van der Waals surface area contributed by atoms with Gasteiger partial charge in [0.15, 0.2) is 0 Å². The summed E-state index contributed by atoms with van der Waals surface area (Å²) >= 11 is 3.51. The van der Waals surface area contributed by atoms with Gasteiger partial charge in [-0.05, 0) is 55.7 Å². The van der Waals surface area contributed by atoms with Crippen molar-refractivity contribution >= 4 is 39.5 Å². The minimum atomic E-state index is -1.00. The molecular formula is C20H25BrN6O4. The third kappa shape index (κ3) is 6.27. The number of carboxylic acid groups (broad SMARTS) is 1. The second-order valence-corrected chi connectivity index (χ2v) is 8.46. The molecule has 166 valence electrons. The van der Waals surface area contributed by atoms with E-state index in [0.717, 1.165) is 41.3 Å². The van der Waals surface area contributed by atoms with E-state index >= 15 is 0 Å². The molecular weight excluding hydrogens is 468 g/mol. The first-order valence-electron chi connectivity index (χ1n) is 10.1. The Balaban J connectivity index is 1.62. The largest absolute Gasteiger partial charge is 0.465 e. The van der Waals surface area contributed by atoms with Gasteiger partial charge in [-0.25, -0.2) is 9.78 Å². The van der Waals surface area contributed by atoms with E-state index in [1.807, 2.05) is 25.1 Å². The molecule has 1 aliphatic carbocycles. The molecule has 0 radical (unpaired) electrons. The molecule has 1 aromatic heterocycles. The quantitative estimate of drug-likeness (QED) is 0.315. The van der Waals surface area contributed by atoms with Gasteiger partial charge in [0.25, 0.3) is 0 Å². The van der Waals surface area contributed by atoms with Gasteiger partial charge in [0.1, 0.15) is 6.20 Å². The second-order valence-electron chi connectivity index (χ2n) is 7.61. The lowest BCUT2D eigenvalue weighted by Gasteiger charge is -2.28. The summed E-state index contributed by atoms with van der Waals surface area (Å²) in [6.45, 7) is 3.02. The average Bonchev–Trinajstić information content (AvgIpc) is 2.74. The smallest absolute Gasteiger partial charge is 0.404 e. The molecule has 10 nitrogen and oxygen atoms in total. The Morgan fingerprint density at radius 1 is 1.29 bits per heavy atom. The van der Waals surface area contributed by atoms with Crippen LogP contribution in [0.25, 0.3) is 0 Å². The van der Waals surface area contributed by atoms with E-state index in [0.29, 0.717) is 25.0 Å². The van der Waals surface area contributed by atoms with Crippen LogP contribution >= 0.6 is 15.9 Å². The Kier molecular flexibility index (Phi) is 7.61. The van der Waals surface area contributed by atoms with Crippen molar-refractivity contribution in [3.8, 4) is 0 Å². The molecule has 3 rings (SSSR count). The van der Waals surface area contributed by atoms with E-state index in [4.69, 9.17) is 5.11 Å². The molecule has 11 heteroatoms. The summed E-state index contributed by atoms with van der Waals surface area (Å²) < 4.78 is 1.01. The molecule has 0 unspecified atom stereocenters. The number of hydrogen-bond acceptors (Lipinski definition) is 7. The number of benzene rings is 1. The zero-order valence-corrected chi connectivity index (χ0v) is 18.7. The fourth-order valence-electron chi connectivity index (χ4n) is 3.67. The molecule has 0 atom stereocenters. The molecule has 0 bridgehead atoms. The first-order chi connectivity index (χ1) is 14.8. The Morgan fingerprint density at radius 3 is 2.71 bits per heavy atom. The molecule has 0 aliphatic heterocycles. The van der Waals surface area contributed by atoms with Crippen LogP contribution in [0.3, 0.4) is 0 Å². The molecule has 31 heavy (non-hydrogen) atoms. The summed E-state index contributed by atoms with van der Waals surface area (Å²) in [6, 6.07) is 5.87. The van der Waals surface area contributed by atoms with E-state index in [2.05, 4.69) is 41.8 Å². The van der Waals surface area contributed by atoms with E-state index in [1.165, 1.54) is 6.20 Å². The van der Waals surface area contributed by atoms with Gasteiger partial charge in [-0.15, -0.1) is 0 Å². The highest BCUT2D eigenvalue weighted by Crippen LogP contribution is 2.27. The Hall–Kier alpha value is -2.95. The van der Waals surface area contributed by atoms with E-state index in [9.17, 15) is 14.9 Å². The normalized spacial score (nSPS) is 18.3. The number of hydrogen-bond donors (Lipinski definition) is 4. The number of aromatic nitrogens is 2. The summed E-state index contributed by atoms with van der Waals surface area (Å²) in [7, 11) is 0. The lowest BCUT2D eigenvalue weighted by molar-refractivity contribution is -0.384. The molecule has 2 aromatic rings. The predicted molar refractivity (Wildman–Crippen MR) is 120 cm³/mol. The molecule has 0 saturated heterocycles. The highest BCUT2D eigenvalue weighted by Gasteiger charge is 2.24. The van der Waals surface area contributed by atoms with Crippen LogP contribution in [0.1, 0.15) is 36.8 Å². The first kappa shape index (κ1) is 22.7. The van der Waals surface area contributed by atoms with Crippen molar-refractivity contribution in [2.75, 3.05) is 17.2 Å². The van der Waals surface area contributed by atoms with Crippen molar-refractivity contribution in [2.45, 2.75) is 45.2 Å². The van der Waals surface area contributed by atoms with Crippen LogP contribution in [0.2, 0.25) is 0 Å². The van der Waals surface area contributed by atoms with Gasteiger partial charge in [0.2, 0.25) is 11.8 Å². The van der Waals surface area contributed by atoms with Gasteiger partial charge in [0.05, 0.1) is 4.92 Å². The van der Waals surface area contributed by atoms with Crippen molar-refractivity contribution in [2.24, 2.45) is 5.92 Å². The molecule has 1 saturated carbocycles. The fourth-order valence-corrected chi connectivity index (χ4v) is 4.08. The molecule has 1 aliphatic rings. The van der Waals surface area contributed by atoms with Gasteiger partial charge in [-0.1, -0.05) is 28.1 Å². The Morgan fingerprint density at radius 2 is 2.03 bits per heavy atom. The number of nitro groups is 1. The molecule has 4 N–H and O–H groups in total. The maximum absolute atomic E-state index is 11.4. The number of nitrogens with one attached hydrogen (secondary N) is 3. The third-order valence-electron chi connectivity index (χ3n) is 5.52. The van der Waals surface area contributed by atoms with Crippen molar-refractivity contribution in [1.29, 1.82) is 0 Å². The summed E-state index contributed by atoms with van der Waals surface area (Å²) in [5.74, 6) is 0.781. The number of carbonyl (C=O) groups is 1. The van der Waals surface area contributed by atoms with Crippen LogP contribution in [-0.2, 0) is 6.54 Å². The summed E-state index contributed by atoms with van der Waals surface area (Å²) in [6.07, 6.45) is 3.39. The van der Waals surface area contributed by atoms with Gasteiger partial charge in [-0.2, -0.15) is 4.98 Å². The third-order valence-corrected chi connectivity index (χ3v) is 6.37. The number of nitrogens with zero attached hydrogens (tertiary/aromatic N) is 3. The van der Waals surface area contributed by atoms with Crippen LogP contribution in [0.15, 0.2) is 28.9 Å². The first-order valence-corrected chi connectivity index (χ1v) is 10.9. The van der Waals surface area contributed by atoms with Crippen molar-refractivity contribution in [3.05, 3.63) is 50.1 Å². The number of anilines is 2. The van der Waals surface area contributed by atoms with Gasteiger partial charge >= 0.3 is 11.8 Å². The lowest BCUT2D eigenvalue weighted by atomic mass is 9.86. The van der Waals surface area contributed by atoms with Crippen LogP contribution in [0.4, 0.5) is 22.2 Å². The highest BCUT2D eigenvalue weighted by molar-refractivity contribution is 9.10. The van der Waals surface area contributed by atoms with Crippen molar-refractivity contribution in [1.82, 2.24) is 15.3 Å². The standard InChI is InChI=1S/C20H25BrN6O4/c1-12-14(3-2-4-16(12)21)10-23-19-24-11-17(27(30)31)18(26-19)22-9-13-5-7-15(8-6-13)25-20(28)29/h2-4,11,13,15,25H,5-10H2,1H3,(H,28,29)(H2,22,23,24,26). The number of amides is 1. The number of rotatable bonds is 8. The maximum Gasteiger partial charge on any atom is 0.404 e. The van der Waals surface area contributed by atoms with E-state index < -0.39 is 11.0 Å². The molecule has 1 fully saturated rings. The maximum atomic E-state index is 11.4. The molecule has 0 spiro atoms.